The van der Waals surface area contributed by atoms with Crippen molar-refractivity contribution in [2.45, 2.75) is 17.1 Å². The number of carbonyl (C=O) groups excluding carboxylic acids is 3. The summed E-state index contributed by atoms with van der Waals surface area (Å²) in [7, 11) is 0. The third-order valence-electron chi connectivity index (χ3n) is 6.23. The molecule has 1 unspecified atom stereocenters. The zero-order valence-corrected chi connectivity index (χ0v) is 24.8. The van der Waals surface area contributed by atoms with Crippen molar-refractivity contribution in [3.63, 3.8) is 0 Å². The summed E-state index contributed by atoms with van der Waals surface area (Å²) in [6, 6.07) is 33.1. The largest absolute Gasteiger partial charge is 0.321 e. The maximum Gasteiger partial charge on any atom is 0.272 e. The topological polar surface area (TPSA) is 100 Å². The molecule has 0 aliphatic rings. The number of hydrogen-bond donors (Lipinski definition) is 3. The summed E-state index contributed by atoms with van der Waals surface area (Å²) in [5.74, 6) is -1.07. The Balaban J connectivity index is 1.37. The summed E-state index contributed by atoms with van der Waals surface area (Å²) in [6.45, 7) is 1.96. The van der Waals surface area contributed by atoms with E-state index in [1.54, 1.807) is 54.1 Å². The molecule has 43 heavy (non-hydrogen) atoms. The zero-order chi connectivity index (χ0) is 30.0. The minimum Gasteiger partial charge on any atom is -0.321 e. The van der Waals surface area contributed by atoms with Gasteiger partial charge in [-0.15, -0.1) is 23.1 Å². The third-order valence-corrected chi connectivity index (χ3v) is 8.17. The molecule has 0 radical (unpaired) electrons. The van der Waals surface area contributed by atoms with Crippen LogP contribution in [-0.4, -0.2) is 22.7 Å². The van der Waals surface area contributed by atoms with Crippen molar-refractivity contribution in [2.75, 3.05) is 10.6 Å². The van der Waals surface area contributed by atoms with Gasteiger partial charge in [0.05, 0.1) is 0 Å². The average molecular weight is 605 g/mol. The molecule has 1 aromatic heterocycles. The number of amides is 3. The van der Waals surface area contributed by atoms with Crippen LogP contribution in [0, 0.1) is 6.92 Å². The lowest BCUT2D eigenvalue weighted by atomic mass is 10.1. The fraction of sp³-hybridized carbons (Fsp3) is 0.0588. The van der Waals surface area contributed by atoms with Crippen molar-refractivity contribution in [3.8, 4) is 0 Å². The van der Waals surface area contributed by atoms with Crippen molar-refractivity contribution in [3.05, 3.63) is 149 Å². The summed E-state index contributed by atoms with van der Waals surface area (Å²) in [5, 5.41) is 10.3. The average Bonchev–Trinajstić information content (AvgIpc) is 3.53. The van der Waals surface area contributed by atoms with Gasteiger partial charge >= 0.3 is 0 Å². The smallest absolute Gasteiger partial charge is 0.272 e. The Morgan fingerprint density at radius 2 is 1.58 bits per heavy atom. The van der Waals surface area contributed by atoms with Gasteiger partial charge in [0.1, 0.15) is 10.9 Å². The Morgan fingerprint density at radius 3 is 2.30 bits per heavy atom. The number of aromatic nitrogens is 1. The zero-order valence-electron chi connectivity index (χ0n) is 23.2. The lowest BCUT2D eigenvalue weighted by Gasteiger charge is -2.17. The first-order chi connectivity index (χ1) is 20.9. The van der Waals surface area contributed by atoms with E-state index < -0.39 is 17.1 Å². The first kappa shape index (κ1) is 29.5. The van der Waals surface area contributed by atoms with Crippen LogP contribution in [0.15, 0.2) is 131 Å². The molecule has 4 aromatic carbocycles. The van der Waals surface area contributed by atoms with Crippen LogP contribution in [-0.2, 0) is 9.59 Å². The number of nitrogens with zero attached hydrogens (tertiary/aromatic N) is 1. The molecular formula is C34H28N4O3S2. The maximum atomic E-state index is 13.5. The van der Waals surface area contributed by atoms with Gasteiger partial charge in [-0.1, -0.05) is 84.4 Å². The number of thioether (sulfide) groups is 1. The summed E-state index contributed by atoms with van der Waals surface area (Å²) < 4.78 is 0. The van der Waals surface area contributed by atoms with Gasteiger partial charge in [0.15, 0.2) is 5.13 Å². The number of nitrogens with one attached hydrogen (secondary N) is 3. The minimum atomic E-state index is -0.557. The van der Waals surface area contributed by atoms with E-state index in [0.29, 0.717) is 16.4 Å². The summed E-state index contributed by atoms with van der Waals surface area (Å²) >= 11 is 2.71. The Hall–Kier alpha value is -4.99. The molecule has 0 spiro atoms. The molecule has 0 aliphatic heterocycles. The highest BCUT2D eigenvalue weighted by Crippen LogP contribution is 2.37. The van der Waals surface area contributed by atoms with E-state index in [1.807, 2.05) is 79.7 Å². The van der Waals surface area contributed by atoms with Crippen molar-refractivity contribution in [1.29, 1.82) is 0 Å². The highest BCUT2D eigenvalue weighted by Gasteiger charge is 2.23. The standard InChI is InChI=1S/C34H28N4O3S2/c1-23-10-8-11-24(20-23)21-29(37-31(39)26-14-6-3-7-15-26)32(40)36-27-16-9-17-28(22-27)43-30(25-12-4-2-5-13-25)33(41)38-34-35-18-19-42-34/h2-22,30H,1H3,(H,36,40)(H,37,39)(H,35,38,41)/b29-21+. The number of aryl methyl sites for hydroxylation is 1. The molecule has 3 N–H and O–H groups in total. The van der Waals surface area contributed by atoms with Gasteiger partial charge in [-0.05, 0) is 54.5 Å². The molecule has 0 bridgehead atoms. The van der Waals surface area contributed by atoms with Crippen LogP contribution in [0.3, 0.4) is 0 Å². The molecule has 214 valence electrons. The second-order valence-electron chi connectivity index (χ2n) is 9.51. The lowest BCUT2D eigenvalue weighted by Crippen LogP contribution is -2.30. The van der Waals surface area contributed by atoms with Gasteiger partial charge in [0.2, 0.25) is 5.91 Å². The Morgan fingerprint density at radius 1 is 0.837 bits per heavy atom. The van der Waals surface area contributed by atoms with Gasteiger partial charge in [0.25, 0.3) is 11.8 Å². The second kappa shape index (κ2) is 14.3. The fourth-order valence-corrected chi connectivity index (χ4v) is 5.82. The predicted molar refractivity (Wildman–Crippen MR) is 174 cm³/mol. The van der Waals surface area contributed by atoms with Crippen molar-refractivity contribution in [1.82, 2.24) is 10.3 Å². The van der Waals surface area contributed by atoms with E-state index in [0.717, 1.165) is 21.6 Å². The minimum absolute atomic E-state index is 0.0995. The highest BCUT2D eigenvalue weighted by atomic mass is 32.2. The van der Waals surface area contributed by atoms with Crippen molar-refractivity contribution < 1.29 is 14.4 Å². The van der Waals surface area contributed by atoms with Gasteiger partial charge in [-0.25, -0.2) is 4.98 Å². The predicted octanol–water partition coefficient (Wildman–Crippen LogP) is 7.33. The van der Waals surface area contributed by atoms with E-state index in [4.69, 9.17) is 0 Å². The first-order valence-corrected chi connectivity index (χ1v) is 15.2. The number of carbonyl (C=O) groups is 3. The summed E-state index contributed by atoms with van der Waals surface area (Å²) in [6.07, 6.45) is 3.29. The summed E-state index contributed by atoms with van der Waals surface area (Å²) in [4.78, 5) is 44.8. The molecule has 0 fully saturated rings. The van der Waals surface area contributed by atoms with Crippen LogP contribution < -0.4 is 16.0 Å². The molecule has 7 nitrogen and oxygen atoms in total. The van der Waals surface area contributed by atoms with E-state index in [-0.39, 0.29) is 11.6 Å². The lowest BCUT2D eigenvalue weighted by molar-refractivity contribution is -0.116. The van der Waals surface area contributed by atoms with Crippen molar-refractivity contribution in [2.24, 2.45) is 0 Å². The van der Waals surface area contributed by atoms with E-state index in [1.165, 1.54) is 23.1 Å². The molecule has 3 amide bonds. The Bertz CT molecular complexity index is 1740. The summed E-state index contributed by atoms with van der Waals surface area (Å²) in [5.41, 5.74) is 3.70. The molecule has 9 heteroatoms. The van der Waals surface area contributed by atoms with Crippen LogP contribution in [0.25, 0.3) is 6.08 Å². The van der Waals surface area contributed by atoms with E-state index in [2.05, 4.69) is 20.9 Å². The third kappa shape index (κ3) is 8.28. The molecule has 0 saturated heterocycles. The van der Waals surface area contributed by atoms with Crippen LogP contribution in [0.2, 0.25) is 0 Å². The Kier molecular flexibility index (Phi) is 9.78. The van der Waals surface area contributed by atoms with Gasteiger partial charge in [-0.2, -0.15) is 0 Å². The molecular weight excluding hydrogens is 577 g/mol. The molecule has 5 rings (SSSR count). The second-order valence-corrected chi connectivity index (χ2v) is 11.6. The molecule has 5 aromatic rings. The quantitative estimate of drug-likeness (QED) is 0.114. The van der Waals surface area contributed by atoms with E-state index in [9.17, 15) is 14.4 Å². The monoisotopic (exact) mass is 604 g/mol. The van der Waals surface area contributed by atoms with Crippen LogP contribution in [0.5, 0.6) is 0 Å². The number of rotatable bonds is 10. The molecule has 0 saturated carbocycles. The normalized spacial score (nSPS) is 11.8. The number of hydrogen-bond acceptors (Lipinski definition) is 6. The highest BCUT2D eigenvalue weighted by molar-refractivity contribution is 8.00. The SMILES string of the molecule is Cc1cccc(/C=C(/NC(=O)c2ccccc2)C(=O)Nc2cccc(SC(C(=O)Nc3nccs3)c3ccccc3)c2)c1. The van der Waals surface area contributed by atoms with Crippen LogP contribution in [0.1, 0.15) is 32.3 Å². The molecule has 1 heterocycles. The van der Waals surface area contributed by atoms with Crippen molar-refractivity contribution >= 4 is 57.7 Å². The van der Waals surface area contributed by atoms with Crippen LogP contribution >= 0.6 is 23.1 Å². The first-order valence-electron chi connectivity index (χ1n) is 13.4. The molecule has 0 aliphatic carbocycles. The van der Waals surface area contributed by atoms with Gasteiger partial charge < -0.3 is 16.0 Å². The molecule has 1 atom stereocenters. The van der Waals surface area contributed by atoms with Gasteiger partial charge in [-0.3, -0.25) is 14.4 Å². The van der Waals surface area contributed by atoms with E-state index >= 15 is 0 Å². The Labute approximate surface area is 258 Å². The number of benzene rings is 4. The number of thiazole rings is 1. The fourth-order valence-electron chi connectivity index (χ4n) is 4.21. The number of anilines is 2. The maximum absolute atomic E-state index is 13.5. The van der Waals surface area contributed by atoms with Crippen LogP contribution in [0.4, 0.5) is 10.8 Å². The van der Waals surface area contributed by atoms with Gasteiger partial charge in [0, 0.05) is 27.7 Å².